The molecule has 2 aliphatic rings. The molecular formula is C18H25F4IN4O2S. The Morgan fingerprint density at radius 3 is 2.23 bits per heavy atom. The van der Waals surface area contributed by atoms with Crippen LogP contribution in [-0.2, 0) is 15.4 Å². The zero-order chi connectivity index (χ0) is 21.3. The molecule has 0 aromatic heterocycles. The number of halogens is 5. The fourth-order valence-corrected chi connectivity index (χ4v) is 4.53. The van der Waals surface area contributed by atoms with Gasteiger partial charge in [-0.1, -0.05) is 12.1 Å². The second-order valence-electron chi connectivity index (χ2n) is 7.48. The maximum atomic E-state index is 13.1. The number of hydrogen-bond acceptors (Lipinski definition) is 3. The summed E-state index contributed by atoms with van der Waals surface area (Å²) < 4.78 is 74.6. The molecule has 1 aliphatic carbocycles. The van der Waals surface area contributed by atoms with Gasteiger partial charge in [-0.3, -0.25) is 4.99 Å². The number of hydrogen-bond donors (Lipinski definition) is 2. The van der Waals surface area contributed by atoms with Gasteiger partial charge in [0.2, 0.25) is 0 Å². The Morgan fingerprint density at radius 2 is 1.77 bits per heavy atom. The molecule has 0 bridgehead atoms. The summed E-state index contributed by atoms with van der Waals surface area (Å²) in [5, 5.41) is 6.39. The highest BCUT2D eigenvalue weighted by atomic mass is 127. The lowest BCUT2D eigenvalue weighted by atomic mass is 9.96. The summed E-state index contributed by atoms with van der Waals surface area (Å²) in [6.45, 7) is 0.200. The number of sulfonamides is 1. The maximum Gasteiger partial charge on any atom is 0.511 e. The summed E-state index contributed by atoms with van der Waals surface area (Å²) in [6, 6.07) is 6.24. The predicted octanol–water partition coefficient (Wildman–Crippen LogP) is 2.95. The first kappa shape index (κ1) is 25.1. The van der Waals surface area contributed by atoms with E-state index in [2.05, 4.69) is 15.6 Å². The van der Waals surface area contributed by atoms with Gasteiger partial charge in [0.05, 0.1) is 0 Å². The Hall–Kier alpha value is -1.15. The molecule has 1 heterocycles. The molecule has 0 radical (unpaired) electrons. The van der Waals surface area contributed by atoms with Gasteiger partial charge in [-0.05, 0) is 43.4 Å². The minimum absolute atomic E-state index is 0. The van der Waals surface area contributed by atoms with E-state index >= 15 is 0 Å². The van der Waals surface area contributed by atoms with Crippen LogP contribution in [0.15, 0.2) is 29.3 Å². The molecule has 2 N–H and O–H groups in total. The average Bonchev–Trinajstić information content (AvgIpc) is 3.46. The second-order valence-corrected chi connectivity index (χ2v) is 9.41. The highest BCUT2D eigenvalue weighted by Gasteiger charge is 2.50. The highest BCUT2D eigenvalue weighted by molar-refractivity contribution is 14.0. The van der Waals surface area contributed by atoms with Crippen LogP contribution < -0.4 is 10.6 Å². The molecule has 0 spiro atoms. The van der Waals surface area contributed by atoms with Crippen molar-refractivity contribution < 1.29 is 26.0 Å². The van der Waals surface area contributed by atoms with Crippen molar-refractivity contribution in [2.24, 2.45) is 4.99 Å². The normalized spacial score (nSPS) is 20.4. The van der Waals surface area contributed by atoms with Crippen LogP contribution in [0.3, 0.4) is 0 Å². The van der Waals surface area contributed by atoms with Crippen LogP contribution in [0.5, 0.6) is 0 Å². The summed E-state index contributed by atoms with van der Waals surface area (Å²) in [5.74, 6) is 0.226. The van der Waals surface area contributed by atoms with Gasteiger partial charge in [0.25, 0.3) is 0 Å². The van der Waals surface area contributed by atoms with Gasteiger partial charge >= 0.3 is 15.5 Å². The molecule has 12 heteroatoms. The van der Waals surface area contributed by atoms with Gasteiger partial charge in [0.15, 0.2) is 5.96 Å². The third-order valence-corrected chi connectivity index (χ3v) is 7.19. The largest absolute Gasteiger partial charge is 0.511 e. The molecule has 1 aliphatic heterocycles. The smallest absolute Gasteiger partial charge is 0.356 e. The third kappa shape index (κ3) is 5.55. The second kappa shape index (κ2) is 9.55. The highest BCUT2D eigenvalue weighted by Crippen LogP contribution is 2.47. The van der Waals surface area contributed by atoms with Crippen molar-refractivity contribution >= 4 is 40.0 Å². The van der Waals surface area contributed by atoms with E-state index in [1.807, 2.05) is 0 Å². The van der Waals surface area contributed by atoms with Gasteiger partial charge in [-0.2, -0.15) is 17.5 Å². The van der Waals surface area contributed by atoms with E-state index in [1.54, 1.807) is 19.2 Å². The minimum atomic E-state index is -5.28. The summed E-state index contributed by atoms with van der Waals surface area (Å²) in [4.78, 5) is 4.15. The Labute approximate surface area is 190 Å². The zero-order valence-electron chi connectivity index (χ0n) is 16.4. The van der Waals surface area contributed by atoms with Crippen LogP contribution in [0.1, 0.15) is 31.2 Å². The summed E-state index contributed by atoms with van der Waals surface area (Å²) in [6.07, 6.45) is 2.44. The van der Waals surface area contributed by atoms with Crippen molar-refractivity contribution in [3.05, 3.63) is 35.6 Å². The number of alkyl halides is 3. The number of nitrogens with one attached hydrogen (secondary N) is 2. The van der Waals surface area contributed by atoms with Gasteiger partial charge in [-0.15, -0.1) is 24.0 Å². The van der Waals surface area contributed by atoms with Crippen LogP contribution >= 0.6 is 24.0 Å². The molecular weight excluding hydrogens is 539 g/mol. The van der Waals surface area contributed by atoms with Gasteiger partial charge in [0, 0.05) is 38.1 Å². The van der Waals surface area contributed by atoms with Gasteiger partial charge in [-0.25, -0.2) is 12.8 Å². The summed E-state index contributed by atoms with van der Waals surface area (Å²) in [5.41, 5.74) is -4.30. The van der Waals surface area contributed by atoms with Crippen molar-refractivity contribution in [3.8, 4) is 0 Å². The molecule has 1 aromatic carbocycles. The van der Waals surface area contributed by atoms with Crippen molar-refractivity contribution in [2.75, 3.05) is 26.7 Å². The lowest BCUT2D eigenvalue weighted by Gasteiger charge is -2.32. The fourth-order valence-electron chi connectivity index (χ4n) is 3.55. The topological polar surface area (TPSA) is 73.8 Å². The molecule has 2 fully saturated rings. The van der Waals surface area contributed by atoms with Crippen LogP contribution in [0, 0.1) is 5.82 Å². The number of rotatable bonds is 5. The molecule has 3 rings (SSSR count). The Bertz CT molecular complexity index is 850. The Kier molecular flexibility index (Phi) is 8.00. The molecule has 0 unspecified atom stereocenters. The lowest BCUT2D eigenvalue weighted by molar-refractivity contribution is -0.0494. The molecule has 170 valence electrons. The van der Waals surface area contributed by atoms with Crippen LogP contribution in [-0.4, -0.2) is 56.9 Å². The molecule has 0 atom stereocenters. The Morgan fingerprint density at radius 1 is 1.20 bits per heavy atom. The summed E-state index contributed by atoms with van der Waals surface area (Å²) >= 11 is 0. The van der Waals surface area contributed by atoms with Crippen LogP contribution in [0.4, 0.5) is 17.6 Å². The van der Waals surface area contributed by atoms with E-state index in [4.69, 9.17) is 0 Å². The Balaban J connectivity index is 0.00000320. The molecule has 0 amide bonds. The first-order chi connectivity index (χ1) is 13.6. The number of piperidine rings is 1. The fraction of sp³-hybridized carbons (Fsp3) is 0.611. The third-order valence-electron chi connectivity index (χ3n) is 5.56. The summed E-state index contributed by atoms with van der Waals surface area (Å²) in [7, 11) is -3.69. The number of benzene rings is 1. The van der Waals surface area contributed by atoms with Crippen LogP contribution in [0.2, 0.25) is 0 Å². The van der Waals surface area contributed by atoms with E-state index in [0.29, 0.717) is 16.8 Å². The lowest BCUT2D eigenvalue weighted by Crippen LogP contribution is -2.52. The molecule has 1 saturated carbocycles. The minimum Gasteiger partial charge on any atom is -0.356 e. The SMILES string of the molecule is CN=C(NCC1(c2ccc(F)cc2)CC1)NC1CCN(S(=O)(=O)C(F)(F)F)CC1.I. The van der Waals surface area contributed by atoms with E-state index in [1.165, 1.54) is 12.1 Å². The first-order valence-electron chi connectivity index (χ1n) is 9.37. The number of aliphatic imine (C=N–C) groups is 1. The average molecular weight is 564 g/mol. The molecule has 6 nitrogen and oxygen atoms in total. The van der Waals surface area contributed by atoms with E-state index in [-0.39, 0.29) is 67.2 Å². The number of guanidine groups is 1. The van der Waals surface area contributed by atoms with Crippen molar-refractivity contribution in [1.29, 1.82) is 0 Å². The van der Waals surface area contributed by atoms with E-state index in [0.717, 1.165) is 18.4 Å². The first-order valence-corrected chi connectivity index (χ1v) is 10.8. The molecule has 30 heavy (non-hydrogen) atoms. The van der Waals surface area contributed by atoms with Gasteiger partial charge in [0.1, 0.15) is 5.82 Å². The van der Waals surface area contributed by atoms with Crippen molar-refractivity contribution in [2.45, 2.75) is 42.6 Å². The molecule has 1 aromatic rings. The van der Waals surface area contributed by atoms with Crippen molar-refractivity contribution in [1.82, 2.24) is 14.9 Å². The van der Waals surface area contributed by atoms with E-state index in [9.17, 15) is 26.0 Å². The van der Waals surface area contributed by atoms with E-state index < -0.39 is 15.5 Å². The van der Waals surface area contributed by atoms with Crippen molar-refractivity contribution in [3.63, 3.8) is 0 Å². The maximum absolute atomic E-state index is 13.1. The standard InChI is InChI=1S/C18H24F4N4O2S.HI/c1-23-16(24-12-17(8-9-17)13-2-4-14(19)5-3-13)25-15-6-10-26(11-7-15)29(27,28)18(20,21)22;/h2-5,15H,6-12H2,1H3,(H2,23,24,25);1H. The van der Waals surface area contributed by atoms with Gasteiger partial charge < -0.3 is 10.6 Å². The quantitative estimate of drug-likeness (QED) is 0.250. The monoisotopic (exact) mass is 564 g/mol. The predicted molar refractivity (Wildman–Crippen MR) is 117 cm³/mol. The van der Waals surface area contributed by atoms with Crippen LogP contribution in [0.25, 0.3) is 0 Å². The number of nitrogens with zero attached hydrogens (tertiary/aromatic N) is 2. The zero-order valence-corrected chi connectivity index (χ0v) is 19.5. The molecule has 1 saturated heterocycles.